The van der Waals surface area contributed by atoms with Crippen LogP contribution in [0.2, 0.25) is 0 Å². The van der Waals surface area contributed by atoms with Crippen LogP contribution in [0.5, 0.6) is 0 Å². The number of nitrogens with zero attached hydrogens (tertiary/aromatic N) is 2. The van der Waals surface area contributed by atoms with Gasteiger partial charge in [0.15, 0.2) is 0 Å². The molecule has 13 heavy (non-hydrogen) atoms. The predicted octanol–water partition coefficient (Wildman–Crippen LogP) is 1.30. The van der Waals surface area contributed by atoms with Crippen LogP contribution in [0, 0.1) is 0 Å². The molecule has 0 aliphatic carbocycles. The number of amides is 1. The predicted molar refractivity (Wildman–Crippen MR) is 53.3 cm³/mol. The van der Waals surface area contributed by atoms with Gasteiger partial charge in [0.1, 0.15) is 0 Å². The summed E-state index contributed by atoms with van der Waals surface area (Å²) in [6.07, 6.45) is 3.19. The molecule has 0 aromatic heterocycles. The molecule has 3 nitrogen and oxygen atoms in total. The SMILES string of the molecule is CCCN(C)C(C)N1CCCC1=O. The topological polar surface area (TPSA) is 23.6 Å². The average molecular weight is 184 g/mol. The van der Waals surface area contributed by atoms with Crippen LogP contribution < -0.4 is 0 Å². The number of hydrogen-bond donors (Lipinski definition) is 0. The standard InChI is InChI=1S/C10H20N2O/c1-4-7-11(3)9(2)12-8-5-6-10(12)13/h9H,4-8H2,1-3H3. The molecule has 1 heterocycles. The van der Waals surface area contributed by atoms with Gasteiger partial charge in [0, 0.05) is 13.0 Å². The quantitative estimate of drug-likeness (QED) is 0.657. The minimum absolute atomic E-state index is 0.273. The van der Waals surface area contributed by atoms with Crippen molar-refractivity contribution in [3.63, 3.8) is 0 Å². The van der Waals surface area contributed by atoms with Crippen molar-refractivity contribution >= 4 is 5.91 Å². The molecular formula is C10H20N2O. The van der Waals surface area contributed by atoms with E-state index in [0.717, 1.165) is 32.4 Å². The van der Waals surface area contributed by atoms with Crippen LogP contribution in [-0.4, -0.2) is 42.0 Å². The van der Waals surface area contributed by atoms with E-state index in [4.69, 9.17) is 0 Å². The Morgan fingerprint density at radius 1 is 1.62 bits per heavy atom. The summed E-state index contributed by atoms with van der Waals surface area (Å²) in [5, 5.41) is 0. The second-order valence-electron chi connectivity index (χ2n) is 3.80. The molecule has 1 rings (SSSR count). The van der Waals surface area contributed by atoms with Crippen LogP contribution in [-0.2, 0) is 4.79 Å². The van der Waals surface area contributed by atoms with Crippen molar-refractivity contribution in [1.29, 1.82) is 0 Å². The summed E-state index contributed by atoms with van der Waals surface area (Å²) in [5.74, 6) is 0.315. The second-order valence-corrected chi connectivity index (χ2v) is 3.80. The van der Waals surface area contributed by atoms with Crippen LogP contribution in [0.25, 0.3) is 0 Å². The Balaban J connectivity index is 2.45. The van der Waals surface area contributed by atoms with Gasteiger partial charge in [0.05, 0.1) is 6.17 Å². The van der Waals surface area contributed by atoms with Gasteiger partial charge in [-0.1, -0.05) is 6.92 Å². The maximum absolute atomic E-state index is 11.4. The Bertz CT molecular complexity index is 182. The molecule has 1 saturated heterocycles. The van der Waals surface area contributed by atoms with Crippen molar-refractivity contribution in [2.75, 3.05) is 20.1 Å². The second kappa shape index (κ2) is 4.61. The smallest absolute Gasteiger partial charge is 0.223 e. The first-order chi connectivity index (χ1) is 6.16. The highest BCUT2D eigenvalue weighted by atomic mass is 16.2. The molecule has 0 saturated carbocycles. The summed E-state index contributed by atoms with van der Waals surface area (Å²) in [6, 6.07) is 0. The van der Waals surface area contributed by atoms with E-state index in [0.29, 0.717) is 5.91 Å². The van der Waals surface area contributed by atoms with Gasteiger partial charge in [-0.15, -0.1) is 0 Å². The fourth-order valence-electron chi connectivity index (χ4n) is 1.84. The molecular weight excluding hydrogens is 164 g/mol. The van der Waals surface area contributed by atoms with E-state index in [1.807, 2.05) is 4.90 Å². The first-order valence-corrected chi connectivity index (χ1v) is 5.16. The van der Waals surface area contributed by atoms with Crippen molar-refractivity contribution in [1.82, 2.24) is 9.80 Å². The molecule has 0 N–H and O–H groups in total. The molecule has 1 aliphatic heterocycles. The molecule has 1 aliphatic rings. The van der Waals surface area contributed by atoms with Gasteiger partial charge in [0.2, 0.25) is 5.91 Å². The van der Waals surface area contributed by atoms with Gasteiger partial charge in [0.25, 0.3) is 0 Å². The van der Waals surface area contributed by atoms with Gasteiger partial charge >= 0.3 is 0 Å². The van der Waals surface area contributed by atoms with Crippen molar-refractivity contribution in [2.45, 2.75) is 39.3 Å². The zero-order valence-corrected chi connectivity index (χ0v) is 8.92. The van der Waals surface area contributed by atoms with E-state index < -0.39 is 0 Å². The third-order valence-electron chi connectivity index (χ3n) is 2.78. The molecule has 3 heteroatoms. The molecule has 0 spiro atoms. The molecule has 1 fully saturated rings. The maximum atomic E-state index is 11.4. The molecule has 0 radical (unpaired) electrons. The lowest BCUT2D eigenvalue weighted by Crippen LogP contribution is -2.45. The summed E-state index contributed by atoms with van der Waals surface area (Å²) in [5.41, 5.74) is 0. The van der Waals surface area contributed by atoms with Crippen molar-refractivity contribution in [2.24, 2.45) is 0 Å². The van der Waals surface area contributed by atoms with Crippen LogP contribution in [0.3, 0.4) is 0 Å². The Labute approximate surface area is 80.7 Å². The number of likely N-dealkylation sites (tertiary alicyclic amines) is 1. The van der Waals surface area contributed by atoms with Gasteiger partial charge in [-0.05, 0) is 33.4 Å². The van der Waals surface area contributed by atoms with E-state index >= 15 is 0 Å². The fourth-order valence-corrected chi connectivity index (χ4v) is 1.84. The lowest BCUT2D eigenvalue weighted by molar-refractivity contribution is -0.132. The van der Waals surface area contributed by atoms with Gasteiger partial charge in [-0.25, -0.2) is 0 Å². The van der Waals surface area contributed by atoms with Crippen LogP contribution >= 0.6 is 0 Å². The molecule has 0 aromatic rings. The van der Waals surface area contributed by atoms with Crippen molar-refractivity contribution in [3.05, 3.63) is 0 Å². The Morgan fingerprint density at radius 3 is 2.77 bits per heavy atom. The van der Waals surface area contributed by atoms with Crippen molar-refractivity contribution < 1.29 is 4.79 Å². The van der Waals surface area contributed by atoms with E-state index in [1.165, 1.54) is 0 Å². The highest BCUT2D eigenvalue weighted by Gasteiger charge is 2.26. The highest BCUT2D eigenvalue weighted by Crippen LogP contribution is 2.15. The summed E-state index contributed by atoms with van der Waals surface area (Å²) < 4.78 is 0. The molecule has 1 unspecified atom stereocenters. The van der Waals surface area contributed by atoms with E-state index in [1.54, 1.807) is 0 Å². The molecule has 0 aromatic carbocycles. The molecule has 1 atom stereocenters. The zero-order valence-electron chi connectivity index (χ0n) is 8.92. The monoisotopic (exact) mass is 184 g/mol. The van der Waals surface area contributed by atoms with E-state index in [-0.39, 0.29) is 6.17 Å². The minimum atomic E-state index is 0.273. The highest BCUT2D eigenvalue weighted by molar-refractivity contribution is 5.78. The van der Waals surface area contributed by atoms with E-state index in [2.05, 4.69) is 25.8 Å². The Kier molecular flexibility index (Phi) is 3.72. The number of hydrogen-bond acceptors (Lipinski definition) is 2. The van der Waals surface area contributed by atoms with E-state index in [9.17, 15) is 4.79 Å². The summed E-state index contributed by atoms with van der Waals surface area (Å²) >= 11 is 0. The molecule has 1 amide bonds. The largest absolute Gasteiger partial charge is 0.327 e. The average Bonchev–Trinajstić information content (AvgIpc) is 2.50. The van der Waals surface area contributed by atoms with Crippen LogP contribution in [0.4, 0.5) is 0 Å². The van der Waals surface area contributed by atoms with Gasteiger partial charge < -0.3 is 4.90 Å². The van der Waals surface area contributed by atoms with Crippen molar-refractivity contribution in [3.8, 4) is 0 Å². The number of rotatable bonds is 4. The lowest BCUT2D eigenvalue weighted by Gasteiger charge is -2.32. The van der Waals surface area contributed by atoms with Crippen LogP contribution in [0.1, 0.15) is 33.1 Å². The van der Waals surface area contributed by atoms with Crippen LogP contribution in [0.15, 0.2) is 0 Å². The molecule has 0 bridgehead atoms. The number of carbonyl (C=O) groups excluding carboxylic acids is 1. The zero-order chi connectivity index (χ0) is 9.84. The summed E-state index contributed by atoms with van der Waals surface area (Å²) in [7, 11) is 2.08. The third-order valence-corrected chi connectivity index (χ3v) is 2.78. The maximum Gasteiger partial charge on any atom is 0.223 e. The van der Waals surface area contributed by atoms with Gasteiger partial charge in [-0.3, -0.25) is 9.69 Å². The first-order valence-electron chi connectivity index (χ1n) is 5.16. The third kappa shape index (κ3) is 2.44. The summed E-state index contributed by atoms with van der Waals surface area (Å²) in [6.45, 7) is 6.27. The normalized spacial score (nSPS) is 20.0. The lowest BCUT2D eigenvalue weighted by atomic mass is 10.3. The summed E-state index contributed by atoms with van der Waals surface area (Å²) in [4.78, 5) is 15.6. The fraction of sp³-hybridized carbons (Fsp3) is 0.900. The molecule has 76 valence electrons. The first kappa shape index (κ1) is 10.5. The Morgan fingerprint density at radius 2 is 2.31 bits per heavy atom. The number of carbonyl (C=O) groups is 1. The minimum Gasteiger partial charge on any atom is -0.327 e. The Hall–Kier alpha value is -0.570. The van der Waals surface area contributed by atoms with Gasteiger partial charge in [-0.2, -0.15) is 0 Å².